The minimum absolute atomic E-state index is 0.819. The van der Waals surface area contributed by atoms with Crippen molar-refractivity contribution >= 4 is 11.0 Å². The SMILES string of the molecule is CCC.CCCN.CCc1cc2ccccc2o1. The normalized spacial score (nSPS) is 9.17. The third kappa shape index (κ3) is 6.45. The molecule has 2 rings (SSSR count). The molecule has 2 aromatic rings. The molecule has 0 spiro atoms. The highest BCUT2D eigenvalue weighted by molar-refractivity contribution is 5.77. The van der Waals surface area contributed by atoms with E-state index in [1.807, 2.05) is 18.2 Å². The van der Waals surface area contributed by atoms with Crippen LogP contribution in [0.3, 0.4) is 0 Å². The van der Waals surface area contributed by atoms with Gasteiger partial charge < -0.3 is 10.2 Å². The van der Waals surface area contributed by atoms with Crippen molar-refractivity contribution < 1.29 is 4.42 Å². The van der Waals surface area contributed by atoms with Gasteiger partial charge in [-0.2, -0.15) is 0 Å². The zero-order valence-corrected chi connectivity index (χ0v) is 12.2. The minimum atomic E-state index is 0.819. The first-order valence-electron chi connectivity index (χ1n) is 6.90. The smallest absolute Gasteiger partial charge is 0.134 e. The van der Waals surface area contributed by atoms with E-state index in [1.54, 1.807) is 0 Å². The summed E-state index contributed by atoms with van der Waals surface area (Å²) in [6.45, 7) is 9.22. The molecule has 2 nitrogen and oxygen atoms in total. The molecule has 0 saturated carbocycles. The van der Waals surface area contributed by atoms with Crippen molar-refractivity contribution in [1.29, 1.82) is 0 Å². The van der Waals surface area contributed by atoms with E-state index in [-0.39, 0.29) is 0 Å². The molecule has 0 radical (unpaired) electrons. The Morgan fingerprint density at radius 1 is 1.06 bits per heavy atom. The summed E-state index contributed by atoms with van der Waals surface area (Å²) < 4.78 is 5.52. The Morgan fingerprint density at radius 2 is 1.61 bits per heavy atom. The minimum Gasteiger partial charge on any atom is -0.461 e. The first-order chi connectivity index (χ1) is 8.73. The lowest BCUT2D eigenvalue weighted by atomic mass is 10.2. The second kappa shape index (κ2) is 10.8. The quantitative estimate of drug-likeness (QED) is 0.833. The number of rotatable bonds is 2. The largest absolute Gasteiger partial charge is 0.461 e. The van der Waals surface area contributed by atoms with E-state index in [0.717, 1.165) is 30.7 Å². The Balaban J connectivity index is 0.000000351. The van der Waals surface area contributed by atoms with Crippen LogP contribution in [0.1, 0.15) is 46.3 Å². The predicted molar refractivity (Wildman–Crippen MR) is 80.9 cm³/mol. The molecule has 0 aliphatic rings. The third-order valence-corrected chi connectivity index (χ3v) is 2.11. The van der Waals surface area contributed by atoms with Gasteiger partial charge in [0, 0.05) is 11.8 Å². The number of benzene rings is 1. The fourth-order valence-electron chi connectivity index (χ4n) is 1.21. The van der Waals surface area contributed by atoms with Crippen LogP contribution >= 0.6 is 0 Å². The maximum atomic E-state index is 5.52. The Hall–Kier alpha value is -1.28. The second-order valence-corrected chi connectivity index (χ2v) is 4.10. The van der Waals surface area contributed by atoms with Crippen molar-refractivity contribution in [2.75, 3.05) is 6.54 Å². The molecule has 2 heteroatoms. The molecule has 1 aromatic carbocycles. The molecule has 2 N–H and O–H groups in total. The van der Waals surface area contributed by atoms with Gasteiger partial charge in [0.2, 0.25) is 0 Å². The van der Waals surface area contributed by atoms with E-state index >= 15 is 0 Å². The first kappa shape index (κ1) is 16.7. The fraction of sp³-hybridized carbons (Fsp3) is 0.500. The average molecular weight is 249 g/mol. The number of aryl methyl sites for hydroxylation is 1. The summed E-state index contributed by atoms with van der Waals surface area (Å²) in [5.41, 5.74) is 6.02. The summed E-state index contributed by atoms with van der Waals surface area (Å²) >= 11 is 0. The average Bonchev–Trinajstić information content (AvgIpc) is 2.83. The Morgan fingerprint density at radius 3 is 2.06 bits per heavy atom. The lowest BCUT2D eigenvalue weighted by Gasteiger charge is -1.83. The molecule has 0 saturated heterocycles. The van der Waals surface area contributed by atoms with Crippen LogP contribution in [0.2, 0.25) is 0 Å². The van der Waals surface area contributed by atoms with Gasteiger partial charge in [-0.15, -0.1) is 0 Å². The zero-order valence-electron chi connectivity index (χ0n) is 12.2. The van der Waals surface area contributed by atoms with Gasteiger partial charge >= 0.3 is 0 Å². The van der Waals surface area contributed by atoms with Crippen LogP contribution in [0.25, 0.3) is 11.0 Å². The summed E-state index contributed by atoms with van der Waals surface area (Å²) in [5.74, 6) is 1.06. The molecule has 18 heavy (non-hydrogen) atoms. The van der Waals surface area contributed by atoms with Crippen LogP contribution in [0.15, 0.2) is 34.7 Å². The van der Waals surface area contributed by atoms with E-state index < -0.39 is 0 Å². The number of nitrogens with two attached hydrogens (primary N) is 1. The molecule has 0 aliphatic heterocycles. The highest BCUT2D eigenvalue weighted by atomic mass is 16.3. The zero-order chi connectivity index (χ0) is 13.8. The van der Waals surface area contributed by atoms with Crippen molar-refractivity contribution in [1.82, 2.24) is 0 Å². The fourth-order valence-corrected chi connectivity index (χ4v) is 1.21. The molecule has 0 amide bonds. The predicted octanol–water partition coefficient (Wildman–Crippen LogP) is 4.77. The Bertz CT molecular complexity index is 371. The van der Waals surface area contributed by atoms with Crippen molar-refractivity contribution in [3.63, 3.8) is 0 Å². The van der Waals surface area contributed by atoms with Crippen LogP contribution in [0, 0.1) is 0 Å². The molecule has 0 atom stereocenters. The van der Waals surface area contributed by atoms with E-state index in [4.69, 9.17) is 10.2 Å². The van der Waals surface area contributed by atoms with Crippen molar-refractivity contribution in [2.24, 2.45) is 5.73 Å². The highest BCUT2D eigenvalue weighted by Gasteiger charge is 1.98. The van der Waals surface area contributed by atoms with Gasteiger partial charge in [0.25, 0.3) is 0 Å². The summed E-state index contributed by atoms with van der Waals surface area (Å²) in [7, 11) is 0. The van der Waals surface area contributed by atoms with E-state index in [9.17, 15) is 0 Å². The van der Waals surface area contributed by atoms with Crippen molar-refractivity contribution in [2.45, 2.75) is 47.0 Å². The molecule has 0 aliphatic carbocycles. The summed E-state index contributed by atoms with van der Waals surface area (Å²) in [5, 5.41) is 1.20. The van der Waals surface area contributed by atoms with Gasteiger partial charge in [0.1, 0.15) is 11.3 Å². The van der Waals surface area contributed by atoms with Gasteiger partial charge in [0.15, 0.2) is 0 Å². The Labute approximate surface area is 111 Å². The number of furan rings is 1. The number of fused-ring (bicyclic) bond motifs is 1. The number of hydrogen-bond acceptors (Lipinski definition) is 2. The standard InChI is InChI=1S/C10H10O.C3H9N.C3H8/c1-2-9-7-8-5-3-4-6-10(8)11-9;1-2-3-4;1-3-2/h3-7H,2H2,1H3;2-4H2,1H3;3H2,1-2H3. The number of para-hydroxylation sites is 1. The monoisotopic (exact) mass is 249 g/mol. The van der Waals surface area contributed by atoms with E-state index in [0.29, 0.717) is 0 Å². The van der Waals surface area contributed by atoms with E-state index in [1.165, 1.54) is 11.8 Å². The van der Waals surface area contributed by atoms with Gasteiger partial charge in [0.05, 0.1) is 0 Å². The topological polar surface area (TPSA) is 39.2 Å². The molecule has 1 heterocycles. The maximum absolute atomic E-state index is 5.52. The summed E-state index contributed by atoms with van der Waals surface area (Å²) in [6, 6.07) is 10.2. The van der Waals surface area contributed by atoms with Crippen molar-refractivity contribution in [3.8, 4) is 0 Å². The molecule has 1 aromatic heterocycles. The van der Waals surface area contributed by atoms with Gasteiger partial charge in [-0.25, -0.2) is 0 Å². The van der Waals surface area contributed by atoms with E-state index in [2.05, 4.69) is 39.8 Å². The lowest BCUT2D eigenvalue weighted by Crippen LogP contribution is -1.93. The molecule has 102 valence electrons. The van der Waals surface area contributed by atoms with Crippen LogP contribution in [0.5, 0.6) is 0 Å². The third-order valence-electron chi connectivity index (χ3n) is 2.11. The van der Waals surface area contributed by atoms with Gasteiger partial charge in [-0.3, -0.25) is 0 Å². The second-order valence-electron chi connectivity index (χ2n) is 4.10. The Kier molecular flexibility index (Phi) is 10.1. The molecule has 0 unspecified atom stereocenters. The summed E-state index contributed by atoms with van der Waals surface area (Å²) in [6.07, 6.45) is 3.31. The highest BCUT2D eigenvalue weighted by Crippen LogP contribution is 2.18. The number of hydrogen-bond donors (Lipinski definition) is 1. The molecular formula is C16H27NO. The van der Waals surface area contributed by atoms with Crippen LogP contribution < -0.4 is 5.73 Å². The lowest BCUT2D eigenvalue weighted by molar-refractivity contribution is 0.557. The molecule has 0 bridgehead atoms. The van der Waals surface area contributed by atoms with Crippen LogP contribution in [0.4, 0.5) is 0 Å². The van der Waals surface area contributed by atoms with Crippen LogP contribution in [-0.4, -0.2) is 6.54 Å². The van der Waals surface area contributed by atoms with Crippen LogP contribution in [-0.2, 0) is 6.42 Å². The summed E-state index contributed by atoms with van der Waals surface area (Å²) in [4.78, 5) is 0. The molecule has 0 fully saturated rings. The first-order valence-corrected chi connectivity index (χ1v) is 6.90. The van der Waals surface area contributed by atoms with Gasteiger partial charge in [-0.1, -0.05) is 52.3 Å². The van der Waals surface area contributed by atoms with Crippen molar-refractivity contribution in [3.05, 3.63) is 36.1 Å². The van der Waals surface area contributed by atoms with Gasteiger partial charge in [-0.05, 0) is 25.1 Å². The molecular weight excluding hydrogens is 222 g/mol. The maximum Gasteiger partial charge on any atom is 0.134 e.